The monoisotopic (exact) mass is 308 g/mol. The maximum Gasteiger partial charge on any atom is 0.193 e. The summed E-state index contributed by atoms with van der Waals surface area (Å²) < 4.78 is 0.989. The van der Waals surface area contributed by atoms with E-state index in [-0.39, 0.29) is 0 Å². The summed E-state index contributed by atoms with van der Waals surface area (Å²) in [6.45, 7) is 4.38. The molecule has 20 heavy (non-hydrogen) atoms. The van der Waals surface area contributed by atoms with Crippen molar-refractivity contribution in [2.45, 2.75) is 24.6 Å². The van der Waals surface area contributed by atoms with Gasteiger partial charge in [-0.25, -0.2) is 4.98 Å². The molecule has 0 aliphatic carbocycles. The Balaban J connectivity index is 2.26. The van der Waals surface area contributed by atoms with Crippen LogP contribution in [0.15, 0.2) is 23.1 Å². The predicted octanol–water partition coefficient (Wildman–Crippen LogP) is 2.90. The van der Waals surface area contributed by atoms with Crippen molar-refractivity contribution in [3.8, 4) is 5.40 Å². The molecule has 0 radical (unpaired) electrons. The number of aromatic nitrogens is 1. The van der Waals surface area contributed by atoms with E-state index in [9.17, 15) is 5.11 Å². The first-order valence-electron chi connectivity index (χ1n) is 6.14. The SMILES string of the molecule is CCN(C)C(C)(O)Nc1nc2ccc(SC#N)cc2s1. The van der Waals surface area contributed by atoms with Crippen molar-refractivity contribution in [1.82, 2.24) is 9.88 Å². The van der Waals surface area contributed by atoms with Crippen LogP contribution in [0.2, 0.25) is 0 Å². The van der Waals surface area contributed by atoms with Crippen LogP contribution in [0, 0.1) is 10.7 Å². The van der Waals surface area contributed by atoms with Gasteiger partial charge in [0.1, 0.15) is 5.40 Å². The molecular weight excluding hydrogens is 292 g/mol. The number of fused-ring (bicyclic) bond motifs is 1. The molecule has 2 aromatic rings. The van der Waals surface area contributed by atoms with Gasteiger partial charge in [0.2, 0.25) is 0 Å². The van der Waals surface area contributed by atoms with Gasteiger partial charge in [-0.15, -0.1) is 0 Å². The van der Waals surface area contributed by atoms with Gasteiger partial charge >= 0.3 is 0 Å². The normalized spacial score (nSPS) is 14.2. The van der Waals surface area contributed by atoms with Crippen LogP contribution in [-0.2, 0) is 0 Å². The number of aliphatic hydroxyl groups is 1. The molecule has 5 nitrogen and oxygen atoms in total. The van der Waals surface area contributed by atoms with Crippen LogP contribution < -0.4 is 5.32 Å². The zero-order chi connectivity index (χ0) is 14.8. The third-order valence-electron chi connectivity index (χ3n) is 3.08. The molecule has 2 N–H and O–H groups in total. The molecule has 0 saturated heterocycles. The Morgan fingerprint density at radius 2 is 2.35 bits per heavy atom. The van der Waals surface area contributed by atoms with Crippen LogP contribution >= 0.6 is 23.1 Å². The fourth-order valence-electron chi connectivity index (χ4n) is 1.68. The number of rotatable bonds is 5. The fourth-order valence-corrected chi connectivity index (χ4v) is 3.17. The fraction of sp³-hybridized carbons (Fsp3) is 0.385. The molecule has 106 valence electrons. The molecular formula is C13H16N4OS2. The van der Waals surface area contributed by atoms with Gasteiger partial charge in [0.15, 0.2) is 11.0 Å². The zero-order valence-electron chi connectivity index (χ0n) is 11.5. The number of thiocyanates is 1. The predicted molar refractivity (Wildman–Crippen MR) is 83.6 cm³/mol. The number of anilines is 1. The summed E-state index contributed by atoms with van der Waals surface area (Å²) in [4.78, 5) is 7.13. The molecule has 0 saturated carbocycles. The van der Waals surface area contributed by atoms with Crippen molar-refractivity contribution in [1.29, 1.82) is 5.26 Å². The van der Waals surface area contributed by atoms with E-state index in [4.69, 9.17) is 5.26 Å². The molecule has 7 heteroatoms. The number of benzene rings is 1. The van der Waals surface area contributed by atoms with E-state index in [0.29, 0.717) is 11.7 Å². The minimum Gasteiger partial charge on any atom is -0.359 e. The third-order valence-corrected chi connectivity index (χ3v) is 4.60. The number of nitrogens with zero attached hydrogens (tertiary/aromatic N) is 3. The van der Waals surface area contributed by atoms with Gasteiger partial charge in [0.05, 0.1) is 10.2 Å². The number of thioether (sulfide) groups is 1. The molecule has 1 aromatic heterocycles. The van der Waals surface area contributed by atoms with Crippen LogP contribution in [-0.4, -0.2) is 34.4 Å². The Hall–Kier alpha value is -1.33. The van der Waals surface area contributed by atoms with Crippen LogP contribution in [0.3, 0.4) is 0 Å². The molecule has 1 aromatic carbocycles. The molecule has 1 heterocycles. The number of hydrogen-bond acceptors (Lipinski definition) is 7. The molecule has 0 amide bonds. The summed E-state index contributed by atoms with van der Waals surface area (Å²) in [7, 11) is 1.84. The Labute approximate surface area is 126 Å². The highest BCUT2D eigenvalue weighted by Crippen LogP contribution is 2.31. The van der Waals surface area contributed by atoms with Crippen molar-refractivity contribution in [3.05, 3.63) is 18.2 Å². The largest absolute Gasteiger partial charge is 0.359 e. The number of hydrogen-bond donors (Lipinski definition) is 2. The third kappa shape index (κ3) is 3.22. The van der Waals surface area contributed by atoms with E-state index in [2.05, 4.69) is 15.7 Å². The minimum absolute atomic E-state index is 0.657. The van der Waals surface area contributed by atoms with Crippen LogP contribution in [0.1, 0.15) is 13.8 Å². The Kier molecular flexibility index (Phi) is 4.50. The average molecular weight is 308 g/mol. The first-order valence-corrected chi connectivity index (χ1v) is 7.78. The number of thiazole rings is 1. The van der Waals surface area contributed by atoms with Gasteiger partial charge in [-0.05, 0) is 50.5 Å². The van der Waals surface area contributed by atoms with E-state index in [1.165, 1.54) is 11.3 Å². The first-order chi connectivity index (χ1) is 9.46. The van der Waals surface area contributed by atoms with Gasteiger partial charge in [0.25, 0.3) is 0 Å². The molecule has 0 bridgehead atoms. The van der Waals surface area contributed by atoms with E-state index in [1.54, 1.807) is 11.8 Å². The van der Waals surface area contributed by atoms with Crippen molar-refractivity contribution in [2.75, 3.05) is 18.9 Å². The zero-order valence-corrected chi connectivity index (χ0v) is 13.2. The smallest absolute Gasteiger partial charge is 0.193 e. The Morgan fingerprint density at radius 1 is 1.60 bits per heavy atom. The van der Waals surface area contributed by atoms with Gasteiger partial charge in [-0.3, -0.25) is 4.90 Å². The molecule has 1 atom stereocenters. The van der Waals surface area contributed by atoms with Crippen molar-refractivity contribution in [2.24, 2.45) is 0 Å². The summed E-state index contributed by atoms with van der Waals surface area (Å²) in [5, 5.41) is 24.8. The van der Waals surface area contributed by atoms with E-state index >= 15 is 0 Å². The van der Waals surface area contributed by atoms with Crippen LogP contribution in [0.4, 0.5) is 5.13 Å². The van der Waals surface area contributed by atoms with Crippen molar-refractivity contribution in [3.63, 3.8) is 0 Å². The quantitative estimate of drug-likeness (QED) is 0.503. The summed E-state index contributed by atoms with van der Waals surface area (Å²) >= 11 is 2.59. The minimum atomic E-state index is -1.15. The van der Waals surface area contributed by atoms with Crippen LogP contribution in [0.25, 0.3) is 10.2 Å². The first kappa shape index (κ1) is 15.1. The van der Waals surface area contributed by atoms with Gasteiger partial charge in [-0.2, -0.15) is 5.26 Å². The highest BCUT2D eigenvalue weighted by molar-refractivity contribution is 8.03. The molecule has 1 unspecified atom stereocenters. The topological polar surface area (TPSA) is 72.2 Å². The Bertz CT molecular complexity index is 647. The molecule has 0 aliphatic heterocycles. The maximum atomic E-state index is 10.3. The summed E-state index contributed by atoms with van der Waals surface area (Å²) in [6.07, 6.45) is 0. The maximum absolute atomic E-state index is 10.3. The standard InChI is InChI=1S/C13H16N4OS2/c1-4-17(3)13(2,18)16-12-15-10-6-5-9(19-8-14)7-11(10)20-12/h5-7,18H,4H2,1-3H3,(H,15,16). The second-order valence-electron chi connectivity index (χ2n) is 4.50. The lowest BCUT2D eigenvalue weighted by Gasteiger charge is -2.33. The summed E-state index contributed by atoms with van der Waals surface area (Å²) in [5.41, 5.74) is 0.856. The second kappa shape index (κ2) is 5.97. The lowest BCUT2D eigenvalue weighted by molar-refractivity contribution is -0.0514. The average Bonchev–Trinajstić information content (AvgIpc) is 2.78. The lowest BCUT2D eigenvalue weighted by Crippen LogP contribution is -2.50. The van der Waals surface area contributed by atoms with E-state index in [1.807, 2.05) is 32.2 Å². The molecule has 0 fully saturated rings. The second-order valence-corrected chi connectivity index (χ2v) is 6.39. The highest BCUT2D eigenvalue weighted by atomic mass is 32.2. The van der Waals surface area contributed by atoms with Gasteiger partial charge in [-0.1, -0.05) is 18.3 Å². The number of nitriles is 1. The van der Waals surface area contributed by atoms with Gasteiger partial charge < -0.3 is 10.4 Å². The van der Waals surface area contributed by atoms with Crippen molar-refractivity contribution < 1.29 is 5.11 Å². The molecule has 0 spiro atoms. The van der Waals surface area contributed by atoms with E-state index < -0.39 is 5.85 Å². The van der Waals surface area contributed by atoms with Gasteiger partial charge in [0, 0.05) is 4.90 Å². The Morgan fingerprint density at radius 3 is 3.00 bits per heavy atom. The van der Waals surface area contributed by atoms with E-state index in [0.717, 1.165) is 26.9 Å². The molecule has 0 aliphatic rings. The lowest BCUT2D eigenvalue weighted by atomic mass is 10.3. The number of nitrogens with one attached hydrogen (secondary N) is 1. The highest BCUT2D eigenvalue weighted by Gasteiger charge is 2.25. The summed E-state index contributed by atoms with van der Waals surface area (Å²) in [6, 6.07) is 5.69. The summed E-state index contributed by atoms with van der Waals surface area (Å²) in [5.74, 6) is -1.15. The van der Waals surface area contributed by atoms with Crippen LogP contribution in [0.5, 0.6) is 0 Å². The van der Waals surface area contributed by atoms with Crippen molar-refractivity contribution >= 4 is 38.4 Å². The molecule has 2 rings (SSSR count).